The Labute approximate surface area is 227 Å². The van der Waals surface area contributed by atoms with Crippen LogP contribution >= 0.6 is 0 Å². The van der Waals surface area contributed by atoms with Gasteiger partial charge in [-0.05, 0) is 70.8 Å². The number of rotatable bonds is 14. The van der Waals surface area contributed by atoms with E-state index in [1.807, 2.05) is 72.8 Å². The normalized spacial score (nSPS) is 12.6. The first-order valence-corrected chi connectivity index (χ1v) is 12.5. The van der Waals surface area contributed by atoms with Crippen molar-refractivity contribution in [3.05, 3.63) is 97.1 Å². The second-order valence-electron chi connectivity index (χ2n) is 8.93. The summed E-state index contributed by atoms with van der Waals surface area (Å²) in [6, 6.07) is 28.7. The molecule has 0 aromatic heterocycles. The summed E-state index contributed by atoms with van der Waals surface area (Å²) in [5.41, 5.74) is 3.93. The average Bonchev–Trinajstić information content (AvgIpc) is 2.96. The van der Waals surface area contributed by atoms with Gasteiger partial charge in [0.05, 0.1) is 13.2 Å². The highest BCUT2D eigenvalue weighted by molar-refractivity contribution is 5.65. The Morgan fingerprint density at radius 2 is 0.744 bits per heavy atom. The van der Waals surface area contributed by atoms with Crippen molar-refractivity contribution >= 4 is 0 Å². The molecule has 0 saturated carbocycles. The molecule has 0 radical (unpaired) electrons. The van der Waals surface area contributed by atoms with Crippen LogP contribution in [0.15, 0.2) is 97.1 Å². The maximum atomic E-state index is 10.1. The lowest BCUT2D eigenvalue weighted by Crippen LogP contribution is -2.26. The number of ether oxygens (including phenoxy) is 4. The maximum Gasteiger partial charge on any atom is 0.146 e. The maximum absolute atomic E-state index is 10.1. The van der Waals surface area contributed by atoms with E-state index in [4.69, 9.17) is 18.9 Å². The molecule has 204 valence electrons. The zero-order chi connectivity index (χ0) is 27.5. The van der Waals surface area contributed by atoms with Crippen molar-refractivity contribution in [1.29, 1.82) is 0 Å². The summed E-state index contributed by atoms with van der Waals surface area (Å²) in [6.07, 6.45) is -1.69. The fourth-order valence-corrected chi connectivity index (χ4v) is 3.70. The fraction of sp³-hybridized carbons (Fsp3) is 0.226. The van der Waals surface area contributed by atoms with Gasteiger partial charge in [-0.3, -0.25) is 0 Å². The Hall–Kier alpha value is -4.08. The summed E-state index contributed by atoms with van der Waals surface area (Å²) in [5.74, 6) is 1.67. The quantitative estimate of drug-likeness (QED) is 0.138. The summed E-state index contributed by atoms with van der Waals surface area (Å²) < 4.78 is 21.8. The standard InChI is InChI=1S/C31H32O8/c32-26-9-1-22(2-10-26)24-5-13-30(14-6-24)38-19-28(34)17-36-21-37-18-29(35)20-39-31-15-7-25(8-16-31)23-3-11-27(33)12-4-23/h1-16,28-29,32-35H,17-21H2. The van der Waals surface area contributed by atoms with Crippen LogP contribution in [0.4, 0.5) is 0 Å². The molecule has 0 amide bonds. The van der Waals surface area contributed by atoms with Crippen molar-refractivity contribution in [3.8, 4) is 45.3 Å². The predicted molar refractivity (Wildman–Crippen MR) is 147 cm³/mol. The van der Waals surface area contributed by atoms with E-state index in [1.54, 1.807) is 24.3 Å². The summed E-state index contributed by atoms with van der Waals surface area (Å²) in [5, 5.41) is 39.0. The van der Waals surface area contributed by atoms with Gasteiger partial charge in [-0.1, -0.05) is 48.5 Å². The molecule has 0 fully saturated rings. The van der Waals surface area contributed by atoms with Crippen LogP contribution in [0.1, 0.15) is 0 Å². The highest BCUT2D eigenvalue weighted by Crippen LogP contribution is 2.25. The largest absolute Gasteiger partial charge is 0.508 e. The summed E-state index contributed by atoms with van der Waals surface area (Å²) in [7, 11) is 0. The number of hydrogen-bond donors (Lipinski definition) is 4. The van der Waals surface area contributed by atoms with Crippen molar-refractivity contribution in [2.75, 3.05) is 33.2 Å². The third-order valence-corrected chi connectivity index (χ3v) is 5.78. The fourth-order valence-electron chi connectivity index (χ4n) is 3.70. The molecule has 0 aliphatic rings. The molecule has 0 spiro atoms. The van der Waals surface area contributed by atoms with Gasteiger partial charge < -0.3 is 39.4 Å². The van der Waals surface area contributed by atoms with Gasteiger partial charge in [0.15, 0.2) is 0 Å². The Balaban J connectivity index is 1.06. The molecule has 0 aliphatic carbocycles. The van der Waals surface area contributed by atoms with Crippen LogP contribution < -0.4 is 9.47 Å². The molecular weight excluding hydrogens is 500 g/mol. The molecule has 4 aromatic carbocycles. The van der Waals surface area contributed by atoms with Gasteiger partial charge in [0.2, 0.25) is 0 Å². The first kappa shape index (κ1) is 27.9. The lowest BCUT2D eigenvalue weighted by Gasteiger charge is -2.15. The molecular formula is C31H32O8. The molecule has 2 atom stereocenters. The van der Waals surface area contributed by atoms with Crippen molar-refractivity contribution in [2.24, 2.45) is 0 Å². The Morgan fingerprint density at radius 3 is 1.08 bits per heavy atom. The minimum Gasteiger partial charge on any atom is -0.508 e. The van der Waals surface area contributed by atoms with Gasteiger partial charge in [-0.2, -0.15) is 0 Å². The smallest absolute Gasteiger partial charge is 0.146 e. The van der Waals surface area contributed by atoms with Gasteiger partial charge in [0.1, 0.15) is 55.2 Å². The summed E-state index contributed by atoms with van der Waals surface area (Å²) in [4.78, 5) is 0. The van der Waals surface area contributed by atoms with Crippen molar-refractivity contribution in [1.82, 2.24) is 0 Å². The number of aliphatic hydroxyl groups excluding tert-OH is 2. The molecule has 0 bridgehead atoms. The molecule has 4 rings (SSSR count). The minimum atomic E-state index is -0.844. The first-order chi connectivity index (χ1) is 19.0. The predicted octanol–water partition coefficient (Wildman–Crippen LogP) is 4.60. The number of phenolic OH excluding ortho intramolecular Hbond substituents is 2. The zero-order valence-corrected chi connectivity index (χ0v) is 21.3. The summed E-state index contributed by atoms with van der Waals surface area (Å²) >= 11 is 0. The highest BCUT2D eigenvalue weighted by Gasteiger charge is 2.09. The highest BCUT2D eigenvalue weighted by atomic mass is 16.7. The van der Waals surface area contributed by atoms with Crippen molar-refractivity contribution in [2.45, 2.75) is 12.2 Å². The molecule has 39 heavy (non-hydrogen) atoms. The van der Waals surface area contributed by atoms with Crippen LogP contribution in [-0.4, -0.2) is 65.9 Å². The zero-order valence-electron chi connectivity index (χ0n) is 21.3. The molecule has 0 heterocycles. The van der Waals surface area contributed by atoms with Gasteiger partial charge in [-0.25, -0.2) is 0 Å². The van der Waals surface area contributed by atoms with Gasteiger partial charge in [0.25, 0.3) is 0 Å². The Kier molecular flexibility index (Phi) is 10.2. The van der Waals surface area contributed by atoms with E-state index >= 15 is 0 Å². The van der Waals surface area contributed by atoms with E-state index in [1.165, 1.54) is 0 Å². The van der Waals surface area contributed by atoms with E-state index in [9.17, 15) is 20.4 Å². The number of hydrogen-bond acceptors (Lipinski definition) is 8. The van der Waals surface area contributed by atoms with Crippen LogP contribution in [0.25, 0.3) is 22.3 Å². The van der Waals surface area contributed by atoms with Gasteiger partial charge in [0, 0.05) is 0 Å². The molecule has 8 nitrogen and oxygen atoms in total. The SMILES string of the molecule is Oc1ccc(-c2ccc(OCC(O)COCOCC(O)COc3ccc(-c4ccc(O)cc4)cc3)cc2)cc1. The first-order valence-electron chi connectivity index (χ1n) is 12.5. The van der Waals surface area contributed by atoms with Crippen molar-refractivity contribution < 1.29 is 39.4 Å². The molecule has 4 N–H and O–H groups in total. The molecule has 2 unspecified atom stereocenters. The van der Waals surface area contributed by atoms with E-state index in [0.29, 0.717) is 11.5 Å². The lowest BCUT2D eigenvalue weighted by atomic mass is 10.1. The molecule has 0 aliphatic heterocycles. The number of aliphatic hydroxyl groups is 2. The minimum absolute atomic E-state index is 0.0194. The molecule has 8 heteroatoms. The number of aromatic hydroxyl groups is 2. The van der Waals surface area contributed by atoms with E-state index in [-0.39, 0.29) is 44.7 Å². The third-order valence-electron chi connectivity index (χ3n) is 5.78. The third kappa shape index (κ3) is 9.01. The van der Waals surface area contributed by atoms with Crippen LogP contribution in [-0.2, 0) is 9.47 Å². The Bertz CT molecular complexity index is 1160. The number of phenols is 2. The van der Waals surface area contributed by atoms with Gasteiger partial charge >= 0.3 is 0 Å². The summed E-state index contributed by atoms with van der Waals surface area (Å²) in [6.45, 7) is 0.0645. The topological polar surface area (TPSA) is 118 Å². The van der Waals surface area contributed by atoms with E-state index in [2.05, 4.69) is 0 Å². The Morgan fingerprint density at radius 1 is 0.436 bits per heavy atom. The van der Waals surface area contributed by atoms with E-state index < -0.39 is 12.2 Å². The number of benzene rings is 4. The van der Waals surface area contributed by atoms with Crippen LogP contribution in [0.5, 0.6) is 23.0 Å². The second kappa shape index (κ2) is 14.2. The van der Waals surface area contributed by atoms with E-state index in [0.717, 1.165) is 22.3 Å². The lowest BCUT2D eigenvalue weighted by molar-refractivity contribution is -0.104. The van der Waals surface area contributed by atoms with Crippen LogP contribution in [0.2, 0.25) is 0 Å². The van der Waals surface area contributed by atoms with Crippen molar-refractivity contribution in [3.63, 3.8) is 0 Å². The van der Waals surface area contributed by atoms with Gasteiger partial charge in [-0.15, -0.1) is 0 Å². The molecule has 4 aromatic rings. The monoisotopic (exact) mass is 532 g/mol. The van der Waals surface area contributed by atoms with Crippen LogP contribution in [0.3, 0.4) is 0 Å². The average molecular weight is 533 g/mol. The second-order valence-corrected chi connectivity index (χ2v) is 8.93. The molecule has 0 saturated heterocycles. The van der Waals surface area contributed by atoms with Crippen LogP contribution in [0, 0.1) is 0 Å².